The van der Waals surface area contributed by atoms with Crippen LogP contribution >= 0.6 is 11.3 Å². The van der Waals surface area contributed by atoms with E-state index in [1.807, 2.05) is 29.6 Å². The molecule has 0 fully saturated rings. The van der Waals surface area contributed by atoms with Crippen molar-refractivity contribution in [2.75, 3.05) is 7.11 Å². The Kier molecular flexibility index (Phi) is 5.14. The van der Waals surface area contributed by atoms with Crippen molar-refractivity contribution in [3.05, 3.63) is 52.4 Å². The van der Waals surface area contributed by atoms with Crippen LogP contribution < -0.4 is 4.74 Å². The van der Waals surface area contributed by atoms with Gasteiger partial charge in [-0.25, -0.2) is 4.98 Å². The van der Waals surface area contributed by atoms with E-state index in [1.165, 1.54) is 11.3 Å². The van der Waals surface area contributed by atoms with Crippen molar-refractivity contribution >= 4 is 17.3 Å². The second-order valence-corrected chi connectivity index (χ2v) is 6.34. The average Bonchev–Trinajstić information content (AvgIpc) is 3.22. The summed E-state index contributed by atoms with van der Waals surface area (Å²) >= 11 is 1.49. The van der Waals surface area contributed by atoms with Crippen molar-refractivity contribution in [3.63, 3.8) is 0 Å². The molecule has 0 saturated carbocycles. The highest BCUT2D eigenvalue weighted by molar-refractivity contribution is 7.13. The Morgan fingerprint density at radius 1 is 1.28 bits per heavy atom. The number of esters is 1. The first kappa shape index (κ1) is 17.2. The number of carbonyl (C=O) groups excluding carboxylic acids is 1. The van der Waals surface area contributed by atoms with Gasteiger partial charge in [-0.15, -0.1) is 11.3 Å². The summed E-state index contributed by atoms with van der Waals surface area (Å²) in [5.74, 6) is 1.07. The summed E-state index contributed by atoms with van der Waals surface area (Å²) in [6, 6.07) is 7.68. The van der Waals surface area contributed by atoms with Crippen molar-refractivity contribution in [2.45, 2.75) is 26.9 Å². The Balaban J connectivity index is 1.63. The highest BCUT2D eigenvalue weighted by atomic mass is 32.1. The first-order valence-corrected chi connectivity index (χ1v) is 8.61. The minimum atomic E-state index is -0.332. The van der Waals surface area contributed by atoms with Gasteiger partial charge in [0.1, 0.15) is 23.1 Å². The van der Waals surface area contributed by atoms with Crippen LogP contribution in [0.4, 0.5) is 0 Å². The molecule has 130 valence electrons. The Hall–Kier alpha value is -2.67. The quantitative estimate of drug-likeness (QED) is 0.625. The van der Waals surface area contributed by atoms with Crippen molar-refractivity contribution < 1.29 is 18.8 Å². The lowest BCUT2D eigenvalue weighted by Crippen LogP contribution is -2.09. The maximum Gasteiger partial charge on any atom is 0.310 e. The molecule has 7 heteroatoms. The van der Waals surface area contributed by atoms with Crippen molar-refractivity contribution in [1.29, 1.82) is 0 Å². The molecule has 2 heterocycles. The zero-order valence-corrected chi connectivity index (χ0v) is 15.1. The van der Waals surface area contributed by atoms with E-state index in [1.54, 1.807) is 21.0 Å². The van der Waals surface area contributed by atoms with Crippen LogP contribution in [0.5, 0.6) is 5.75 Å². The summed E-state index contributed by atoms with van der Waals surface area (Å²) in [6.07, 6.45) is 0.144. The van der Waals surface area contributed by atoms with Crippen molar-refractivity contribution in [2.24, 2.45) is 0 Å². The monoisotopic (exact) mass is 358 g/mol. The first-order chi connectivity index (χ1) is 12.1. The summed E-state index contributed by atoms with van der Waals surface area (Å²) in [6.45, 7) is 3.72. The minimum absolute atomic E-state index is 0.133. The molecule has 0 aliphatic carbocycles. The number of hydrogen-bond acceptors (Lipinski definition) is 7. The number of methoxy groups -OCH3 is 1. The number of aromatic nitrogens is 2. The third-order valence-electron chi connectivity index (χ3n) is 3.77. The first-order valence-electron chi connectivity index (χ1n) is 7.73. The molecule has 0 aliphatic rings. The Morgan fingerprint density at radius 2 is 2.08 bits per heavy atom. The van der Waals surface area contributed by atoms with Gasteiger partial charge in [-0.05, 0) is 26.0 Å². The molecule has 3 rings (SSSR count). The highest BCUT2D eigenvalue weighted by Crippen LogP contribution is 2.32. The van der Waals surface area contributed by atoms with Crippen LogP contribution in [-0.4, -0.2) is 23.2 Å². The second kappa shape index (κ2) is 7.48. The van der Waals surface area contributed by atoms with Crippen LogP contribution in [0.15, 0.2) is 34.2 Å². The van der Waals surface area contributed by atoms with E-state index in [0.29, 0.717) is 17.1 Å². The van der Waals surface area contributed by atoms with Gasteiger partial charge in [-0.3, -0.25) is 4.79 Å². The lowest BCUT2D eigenvalue weighted by molar-refractivity contribution is -0.144. The van der Waals surface area contributed by atoms with E-state index < -0.39 is 0 Å². The maximum absolute atomic E-state index is 12.0. The topological polar surface area (TPSA) is 74.5 Å². The molecular formula is C18H18N2O4S. The van der Waals surface area contributed by atoms with Crippen LogP contribution in [0.25, 0.3) is 10.6 Å². The van der Waals surface area contributed by atoms with Gasteiger partial charge < -0.3 is 14.0 Å². The molecular weight excluding hydrogens is 340 g/mol. The molecule has 0 atom stereocenters. The number of benzene rings is 1. The summed E-state index contributed by atoms with van der Waals surface area (Å²) in [4.78, 5) is 16.6. The molecule has 0 bridgehead atoms. The fourth-order valence-corrected chi connectivity index (χ4v) is 3.26. The smallest absolute Gasteiger partial charge is 0.310 e. The third kappa shape index (κ3) is 3.88. The number of nitrogens with zero attached hydrogens (tertiary/aromatic N) is 2. The number of carbonyl (C=O) groups is 1. The van der Waals surface area contributed by atoms with Gasteiger partial charge >= 0.3 is 5.97 Å². The minimum Gasteiger partial charge on any atom is -0.496 e. The Labute approximate surface area is 149 Å². The molecule has 0 amide bonds. The SMILES string of the molecule is COc1ccccc1-c1nc(COC(=O)Cc2c(C)noc2C)cs1. The third-order valence-corrected chi connectivity index (χ3v) is 4.70. The fourth-order valence-electron chi connectivity index (χ4n) is 2.42. The largest absolute Gasteiger partial charge is 0.496 e. The molecule has 0 aliphatic heterocycles. The number of thiazole rings is 1. The van der Waals surface area contributed by atoms with Crippen LogP contribution in [0.1, 0.15) is 22.7 Å². The molecule has 0 N–H and O–H groups in total. The molecule has 3 aromatic rings. The number of aryl methyl sites for hydroxylation is 2. The average molecular weight is 358 g/mol. The van der Waals surface area contributed by atoms with Gasteiger partial charge in [0, 0.05) is 10.9 Å². The van der Waals surface area contributed by atoms with E-state index in [9.17, 15) is 4.79 Å². The van der Waals surface area contributed by atoms with E-state index >= 15 is 0 Å². The zero-order chi connectivity index (χ0) is 17.8. The maximum atomic E-state index is 12.0. The standard InChI is InChI=1S/C18H18N2O4S/c1-11-15(12(2)24-20-11)8-17(21)23-9-13-10-25-18(19-13)14-6-4-5-7-16(14)22-3/h4-7,10H,8-9H2,1-3H3. The van der Waals surface area contributed by atoms with Gasteiger partial charge in [-0.1, -0.05) is 17.3 Å². The van der Waals surface area contributed by atoms with Gasteiger partial charge in [0.15, 0.2) is 0 Å². The van der Waals surface area contributed by atoms with Crippen LogP contribution in [0.2, 0.25) is 0 Å². The zero-order valence-electron chi connectivity index (χ0n) is 14.2. The lowest BCUT2D eigenvalue weighted by Gasteiger charge is -2.05. The summed E-state index contributed by atoms with van der Waals surface area (Å²) in [7, 11) is 1.63. The number of rotatable bonds is 6. The number of ether oxygens (including phenoxy) is 2. The van der Waals surface area contributed by atoms with E-state index in [-0.39, 0.29) is 19.0 Å². The molecule has 1 aromatic carbocycles. The molecule has 25 heavy (non-hydrogen) atoms. The van der Waals surface area contributed by atoms with Gasteiger partial charge in [0.25, 0.3) is 0 Å². The highest BCUT2D eigenvalue weighted by Gasteiger charge is 2.15. The van der Waals surface area contributed by atoms with Gasteiger partial charge in [0.05, 0.1) is 30.5 Å². The summed E-state index contributed by atoms with van der Waals surface area (Å²) in [5.41, 5.74) is 3.11. The van der Waals surface area contributed by atoms with Crippen molar-refractivity contribution in [1.82, 2.24) is 10.1 Å². The summed E-state index contributed by atoms with van der Waals surface area (Å²) < 4.78 is 15.7. The lowest BCUT2D eigenvalue weighted by atomic mass is 10.1. The molecule has 2 aromatic heterocycles. The molecule has 0 unspecified atom stereocenters. The van der Waals surface area contributed by atoms with Crippen LogP contribution in [-0.2, 0) is 22.6 Å². The van der Waals surface area contributed by atoms with E-state index in [2.05, 4.69) is 10.1 Å². The molecule has 0 radical (unpaired) electrons. The predicted molar refractivity (Wildman–Crippen MR) is 93.6 cm³/mol. The Morgan fingerprint density at radius 3 is 2.80 bits per heavy atom. The molecule has 6 nitrogen and oxygen atoms in total. The fraction of sp³-hybridized carbons (Fsp3) is 0.278. The molecule has 0 saturated heterocycles. The normalized spacial score (nSPS) is 10.7. The predicted octanol–water partition coefficient (Wildman–Crippen LogP) is 3.71. The number of para-hydroxylation sites is 1. The van der Waals surface area contributed by atoms with E-state index in [4.69, 9.17) is 14.0 Å². The second-order valence-electron chi connectivity index (χ2n) is 5.48. The Bertz CT molecular complexity index is 865. The van der Waals surface area contributed by atoms with Crippen LogP contribution in [0, 0.1) is 13.8 Å². The number of hydrogen-bond donors (Lipinski definition) is 0. The van der Waals surface area contributed by atoms with Gasteiger partial charge in [-0.2, -0.15) is 0 Å². The van der Waals surface area contributed by atoms with E-state index in [0.717, 1.165) is 21.9 Å². The molecule has 0 spiro atoms. The van der Waals surface area contributed by atoms with Gasteiger partial charge in [0.2, 0.25) is 0 Å². The summed E-state index contributed by atoms with van der Waals surface area (Å²) in [5, 5.41) is 6.54. The van der Waals surface area contributed by atoms with Crippen LogP contribution in [0.3, 0.4) is 0 Å². The van der Waals surface area contributed by atoms with Crippen molar-refractivity contribution in [3.8, 4) is 16.3 Å².